The highest BCUT2D eigenvalue weighted by atomic mass is 16.5. The lowest BCUT2D eigenvalue weighted by Gasteiger charge is -2.46. The number of fused-ring (bicyclic) bond motifs is 2. The summed E-state index contributed by atoms with van der Waals surface area (Å²) in [4.78, 5) is 2.24. The normalized spacial score (nSPS) is 23.5. The quantitative estimate of drug-likeness (QED) is 0.694. The average Bonchev–Trinajstić information content (AvgIpc) is 3.01. The first-order chi connectivity index (χ1) is 15.0. The third-order valence-corrected chi connectivity index (χ3v) is 6.60. The molecule has 3 N–H and O–H groups in total. The van der Waals surface area contributed by atoms with Crippen LogP contribution in [0.15, 0.2) is 36.4 Å². The number of β-amino-alcohol motifs (C(OH)–C–C–N with tert-alkyl or cyclic N) is 1. The van der Waals surface area contributed by atoms with Crippen molar-refractivity contribution in [3.63, 3.8) is 0 Å². The molecule has 5 rings (SSSR count). The van der Waals surface area contributed by atoms with Crippen LogP contribution < -0.4 is 14.2 Å². The summed E-state index contributed by atoms with van der Waals surface area (Å²) < 4.78 is 17.7. The van der Waals surface area contributed by atoms with Crippen LogP contribution >= 0.6 is 0 Å². The Morgan fingerprint density at radius 3 is 2.55 bits per heavy atom. The molecule has 0 unspecified atom stereocenters. The van der Waals surface area contributed by atoms with Crippen LogP contribution in [0, 0.1) is 0 Å². The Kier molecular flexibility index (Phi) is 5.42. The van der Waals surface area contributed by atoms with E-state index in [1.807, 2.05) is 18.2 Å². The molecule has 166 valence electrons. The summed E-state index contributed by atoms with van der Waals surface area (Å²) in [6.45, 7) is 3.36. The van der Waals surface area contributed by atoms with Gasteiger partial charge in [-0.3, -0.25) is 0 Å². The summed E-state index contributed by atoms with van der Waals surface area (Å²) in [6.07, 6.45) is 1.66. The van der Waals surface area contributed by atoms with Gasteiger partial charge in [0.2, 0.25) is 0 Å². The lowest BCUT2D eigenvalue weighted by atomic mass is 9.81. The van der Waals surface area contributed by atoms with E-state index < -0.39 is 17.8 Å². The minimum Gasteiger partial charge on any atom is -0.508 e. The topological polar surface area (TPSA) is 91.6 Å². The van der Waals surface area contributed by atoms with E-state index in [2.05, 4.69) is 4.90 Å². The molecule has 7 heteroatoms. The van der Waals surface area contributed by atoms with Gasteiger partial charge >= 0.3 is 0 Å². The number of rotatable bonds is 3. The van der Waals surface area contributed by atoms with Gasteiger partial charge in [0, 0.05) is 38.0 Å². The molecule has 7 nitrogen and oxygen atoms in total. The highest BCUT2D eigenvalue weighted by Crippen LogP contribution is 2.45. The number of benzene rings is 2. The van der Waals surface area contributed by atoms with Gasteiger partial charge in [-0.25, -0.2) is 0 Å². The van der Waals surface area contributed by atoms with Crippen molar-refractivity contribution in [1.29, 1.82) is 0 Å². The molecule has 1 saturated heterocycles. The van der Waals surface area contributed by atoms with Crippen LogP contribution in [0.25, 0.3) is 0 Å². The molecule has 3 aliphatic heterocycles. The summed E-state index contributed by atoms with van der Waals surface area (Å²) in [7, 11) is 0. The van der Waals surface area contributed by atoms with E-state index in [1.165, 1.54) is 0 Å². The van der Waals surface area contributed by atoms with Crippen molar-refractivity contribution in [3.05, 3.63) is 47.5 Å². The summed E-state index contributed by atoms with van der Waals surface area (Å²) in [5.41, 5.74) is 1.07. The van der Waals surface area contributed by atoms with Crippen LogP contribution in [0.2, 0.25) is 0 Å². The van der Waals surface area contributed by atoms with E-state index in [4.69, 9.17) is 14.2 Å². The van der Waals surface area contributed by atoms with Gasteiger partial charge in [0.05, 0.1) is 25.4 Å². The molecule has 2 aromatic rings. The Labute approximate surface area is 181 Å². The molecule has 0 amide bonds. The molecule has 2 atom stereocenters. The largest absolute Gasteiger partial charge is 0.508 e. The zero-order chi connectivity index (χ0) is 21.4. The number of hydrogen-bond acceptors (Lipinski definition) is 7. The Hall–Kier alpha value is -2.48. The smallest absolute Gasteiger partial charge is 0.161 e. The second-order valence-electron chi connectivity index (χ2n) is 8.80. The van der Waals surface area contributed by atoms with Gasteiger partial charge in [-0.2, -0.15) is 0 Å². The maximum absolute atomic E-state index is 10.8. The number of phenolic OH excluding ortho intramolecular Hbond substituents is 1. The summed E-state index contributed by atoms with van der Waals surface area (Å²) in [6, 6.07) is 10.5. The van der Waals surface area contributed by atoms with Crippen LogP contribution in [-0.2, 0) is 0 Å². The number of ether oxygens (including phenoxy) is 3. The standard InChI is InChI=1S/C24H29NO6/c26-17-3-5-21-18(13-17)19(27)14-24(31-21)6-8-25(9-7-24)15-20(28)16-2-4-22-23(12-16)30-11-1-10-29-22/h2-5,12-13,19-20,26-28H,1,6-11,14-15H2/t19-,20+/m1/s1. The van der Waals surface area contributed by atoms with Crippen LogP contribution in [0.4, 0.5) is 0 Å². The van der Waals surface area contributed by atoms with Gasteiger partial charge in [-0.1, -0.05) is 6.07 Å². The van der Waals surface area contributed by atoms with Crippen molar-refractivity contribution in [2.24, 2.45) is 0 Å². The second kappa shape index (κ2) is 8.22. The van der Waals surface area contributed by atoms with Gasteiger partial charge in [0.1, 0.15) is 17.1 Å². The molecule has 31 heavy (non-hydrogen) atoms. The molecule has 3 heterocycles. The molecule has 0 saturated carbocycles. The van der Waals surface area contributed by atoms with E-state index in [0.717, 1.165) is 43.7 Å². The van der Waals surface area contributed by atoms with Gasteiger partial charge < -0.3 is 34.4 Å². The molecule has 1 fully saturated rings. The number of phenols is 1. The fourth-order valence-electron chi connectivity index (χ4n) is 4.81. The van der Waals surface area contributed by atoms with Gasteiger partial charge in [0.15, 0.2) is 11.5 Å². The van der Waals surface area contributed by atoms with Crippen LogP contribution in [-0.4, -0.2) is 58.7 Å². The van der Waals surface area contributed by atoms with E-state index in [9.17, 15) is 15.3 Å². The zero-order valence-corrected chi connectivity index (χ0v) is 17.5. The summed E-state index contributed by atoms with van der Waals surface area (Å²) >= 11 is 0. The second-order valence-corrected chi connectivity index (χ2v) is 8.80. The van der Waals surface area contributed by atoms with E-state index >= 15 is 0 Å². The van der Waals surface area contributed by atoms with Crippen molar-refractivity contribution in [1.82, 2.24) is 4.90 Å². The molecule has 0 aliphatic carbocycles. The number of aromatic hydroxyl groups is 1. The minimum atomic E-state index is -0.644. The van der Waals surface area contributed by atoms with Crippen LogP contribution in [0.1, 0.15) is 49.0 Å². The number of likely N-dealkylation sites (tertiary alicyclic amines) is 1. The number of nitrogens with zero attached hydrogens (tertiary/aromatic N) is 1. The Bertz CT molecular complexity index is 940. The monoisotopic (exact) mass is 427 g/mol. The number of piperidine rings is 1. The fourth-order valence-corrected chi connectivity index (χ4v) is 4.81. The maximum atomic E-state index is 10.8. The average molecular weight is 427 g/mol. The molecule has 0 aromatic heterocycles. The lowest BCUT2D eigenvalue weighted by Crippen LogP contribution is -2.51. The lowest BCUT2D eigenvalue weighted by molar-refractivity contribution is -0.0588. The maximum Gasteiger partial charge on any atom is 0.161 e. The van der Waals surface area contributed by atoms with Gasteiger partial charge in [0.25, 0.3) is 0 Å². The third kappa shape index (κ3) is 4.18. The Morgan fingerprint density at radius 1 is 1.00 bits per heavy atom. The summed E-state index contributed by atoms with van der Waals surface area (Å²) in [5.74, 6) is 2.21. The van der Waals surface area contributed by atoms with Crippen molar-refractivity contribution in [3.8, 4) is 23.0 Å². The van der Waals surface area contributed by atoms with Gasteiger partial charge in [-0.05, 0) is 48.7 Å². The SMILES string of the molecule is Oc1ccc2c(c1)[C@H](O)CC1(CCN(C[C@H](O)c3ccc4c(c3)OCCCO4)CC1)O2. The van der Waals surface area contributed by atoms with Crippen molar-refractivity contribution < 1.29 is 29.5 Å². The predicted molar refractivity (Wildman–Crippen MR) is 114 cm³/mol. The van der Waals surface area contributed by atoms with Crippen molar-refractivity contribution >= 4 is 0 Å². The number of hydrogen-bond donors (Lipinski definition) is 3. The Morgan fingerprint density at radius 2 is 1.74 bits per heavy atom. The predicted octanol–water partition coefficient (Wildman–Crippen LogP) is 2.94. The third-order valence-electron chi connectivity index (χ3n) is 6.60. The molecule has 3 aliphatic rings. The molecule has 1 spiro atoms. The minimum absolute atomic E-state index is 0.135. The van der Waals surface area contributed by atoms with E-state index in [1.54, 1.807) is 18.2 Å². The Balaban J connectivity index is 1.21. The van der Waals surface area contributed by atoms with Crippen molar-refractivity contribution in [2.45, 2.75) is 43.5 Å². The first-order valence-corrected chi connectivity index (χ1v) is 11.0. The van der Waals surface area contributed by atoms with E-state index in [0.29, 0.717) is 43.2 Å². The molecular weight excluding hydrogens is 398 g/mol. The molecule has 0 radical (unpaired) electrons. The number of aliphatic hydroxyl groups excluding tert-OH is 2. The first kappa shape index (κ1) is 20.4. The highest BCUT2D eigenvalue weighted by Gasteiger charge is 2.43. The van der Waals surface area contributed by atoms with Gasteiger partial charge in [-0.15, -0.1) is 0 Å². The molecular formula is C24H29NO6. The van der Waals surface area contributed by atoms with Crippen LogP contribution in [0.5, 0.6) is 23.0 Å². The fraction of sp³-hybridized carbons (Fsp3) is 0.500. The number of aliphatic hydroxyl groups is 2. The zero-order valence-electron chi connectivity index (χ0n) is 17.5. The molecule has 2 aromatic carbocycles. The van der Waals surface area contributed by atoms with E-state index in [-0.39, 0.29) is 5.75 Å². The van der Waals surface area contributed by atoms with Crippen molar-refractivity contribution in [2.75, 3.05) is 32.8 Å². The molecule has 0 bridgehead atoms. The van der Waals surface area contributed by atoms with Crippen LogP contribution in [0.3, 0.4) is 0 Å². The first-order valence-electron chi connectivity index (χ1n) is 11.0. The highest BCUT2D eigenvalue weighted by molar-refractivity contribution is 5.44. The summed E-state index contributed by atoms with van der Waals surface area (Å²) in [5, 5.41) is 31.1.